The van der Waals surface area contributed by atoms with Crippen LogP contribution >= 0.6 is 0 Å². The molecule has 2 saturated carbocycles. The standard InChI is InChI=1S/C25H30N2O3S/c1-16-3-7-19(8-4-16)31(29,30)27-26-24-12-11-23-22-9-5-17-15-18(28)6-10-20(17)21(22)13-14-25(23,24)2/h3-4,6-8,10,15,21-23,27-28H,5,9,11-14H2,1-2H3/t21-,22-,23+,25+/m1/s1. The molecular formula is C25H30N2O3S. The fraction of sp³-hybridized carbons (Fsp3) is 0.480. The third-order valence-electron chi connectivity index (χ3n) is 8.08. The molecule has 0 saturated heterocycles. The van der Waals surface area contributed by atoms with Crippen LogP contribution in [0.3, 0.4) is 0 Å². The number of hydrazone groups is 1. The van der Waals surface area contributed by atoms with Crippen molar-refractivity contribution in [2.75, 3.05) is 0 Å². The number of nitrogens with zero attached hydrogens (tertiary/aromatic N) is 1. The molecule has 0 heterocycles. The van der Waals surface area contributed by atoms with Gasteiger partial charge in [0.05, 0.1) is 4.90 Å². The Kier molecular flexibility index (Phi) is 4.88. The van der Waals surface area contributed by atoms with Gasteiger partial charge in [0.15, 0.2) is 0 Å². The largest absolute Gasteiger partial charge is 0.508 e. The Labute approximate surface area is 184 Å². The van der Waals surface area contributed by atoms with Gasteiger partial charge in [-0.3, -0.25) is 0 Å². The minimum Gasteiger partial charge on any atom is -0.508 e. The van der Waals surface area contributed by atoms with Crippen molar-refractivity contribution in [3.05, 3.63) is 59.2 Å². The van der Waals surface area contributed by atoms with Crippen molar-refractivity contribution in [1.29, 1.82) is 0 Å². The summed E-state index contributed by atoms with van der Waals surface area (Å²) in [5.41, 5.74) is 4.68. The Balaban J connectivity index is 1.38. The van der Waals surface area contributed by atoms with E-state index in [9.17, 15) is 13.5 Å². The predicted molar refractivity (Wildman–Crippen MR) is 122 cm³/mol. The van der Waals surface area contributed by atoms with Gasteiger partial charge >= 0.3 is 0 Å². The number of fused-ring (bicyclic) bond motifs is 5. The molecule has 0 amide bonds. The van der Waals surface area contributed by atoms with Crippen molar-refractivity contribution >= 4 is 15.7 Å². The molecule has 3 aliphatic rings. The average molecular weight is 439 g/mol. The summed E-state index contributed by atoms with van der Waals surface area (Å²) in [5.74, 6) is 2.01. The summed E-state index contributed by atoms with van der Waals surface area (Å²) in [6.45, 7) is 4.22. The molecular weight excluding hydrogens is 408 g/mol. The van der Waals surface area contributed by atoms with Crippen LogP contribution in [0.1, 0.15) is 61.6 Å². The highest BCUT2D eigenvalue weighted by atomic mass is 32.2. The summed E-state index contributed by atoms with van der Waals surface area (Å²) in [7, 11) is -3.66. The minimum absolute atomic E-state index is 0.0502. The highest BCUT2D eigenvalue weighted by Gasteiger charge is 2.53. The Hall–Kier alpha value is -2.34. The van der Waals surface area contributed by atoms with Crippen molar-refractivity contribution in [3.8, 4) is 5.75 Å². The zero-order valence-corrected chi connectivity index (χ0v) is 19.0. The van der Waals surface area contributed by atoms with Crippen LogP contribution in [-0.2, 0) is 16.4 Å². The Morgan fingerprint density at radius 2 is 1.84 bits per heavy atom. The van der Waals surface area contributed by atoms with Gasteiger partial charge in [0, 0.05) is 11.1 Å². The first-order chi connectivity index (χ1) is 14.8. The molecule has 2 N–H and O–H groups in total. The molecule has 0 spiro atoms. The van der Waals surface area contributed by atoms with Crippen LogP contribution in [0.2, 0.25) is 0 Å². The molecule has 164 valence electrons. The molecule has 6 heteroatoms. The van der Waals surface area contributed by atoms with E-state index < -0.39 is 10.0 Å². The van der Waals surface area contributed by atoms with E-state index in [4.69, 9.17) is 0 Å². The maximum atomic E-state index is 12.7. The van der Waals surface area contributed by atoms with Gasteiger partial charge in [-0.05, 0) is 98.6 Å². The number of hydrogen-bond donors (Lipinski definition) is 2. The number of nitrogens with one attached hydrogen (secondary N) is 1. The van der Waals surface area contributed by atoms with Crippen LogP contribution in [0.15, 0.2) is 52.5 Å². The van der Waals surface area contributed by atoms with Crippen molar-refractivity contribution in [3.63, 3.8) is 0 Å². The number of aromatic hydroxyl groups is 1. The maximum absolute atomic E-state index is 12.7. The number of phenols is 1. The zero-order chi connectivity index (χ0) is 21.8. The summed E-state index contributed by atoms with van der Waals surface area (Å²) in [4.78, 5) is 2.77. The lowest BCUT2D eigenvalue weighted by atomic mass is 9.55. The van der Waals surface area contributed by atoms with Gasteiger partial charge in [-0.15, -0.1) is 0 Å². The van der Waals surface area contributed by atoms with Crippen LogP contribution in [0.25, 0.3) is 0 Å². The molecule has 31 heavy (non-hydrogen) atoms. The van der Waals surface area contributed by atoms with E-state index in [1.165, 1.54) is 11.1 Å². The van der Waals surface area contributed by atoms with E-state index in [1.807, 2.05) is 19.1 Å². The summed E-state index contributed by atoms with van der Waals surface area (Å²) in [6.07, 6.45) is 6.15. The number of aryl methyl sites for hydroxylation is 2. The molecule has 5 rings (SSSR count). The molecule has 3 aliphatic carbocycles. The normalized spacial score (nSPS) is 31.0. The number of hydrogen-bond acceptors (Lipinski definition) is 4. The lowest BCUT2D eigenvalue weighted by molar-refractivity contribution is 0.0954. The summed E-state index contributed by atoms with van der Waals surface area (Å²) in [6, 6.07) is 12.7. The number of sulfonamides is 1. The lowest BCUT2D eigenvalue weighted by Crippen LogP contribution is -2.43. The lowest BCUT2D eigenvalue weighted by Gasteiger charge is -2.49. The number of phenolic OH excluding ortho intramolecular Hbond substituents is 1. The second-order valence-electron chi connectivity index (χ2n) is 9.76. The Bertz CT molecular complexity index is 1140. The van der Waals surface area contributed by atoms with Crippen LogP contribution in [-0.4, -0.2) is 19.2 Å². The summed E-state index contributed by atoms with van der Waals surface area (Å²) >= 11 is 0. The molecule has 0 bridgehead atoms. The van der Waals surface area contributed by atoms with Crippen molar-refractivity contribution in [2.45, 2.75) is 63.2 Å². The molecule has 5 nitrogen and oxygen atoms in total. The topological polar surface area (TPSA) is 78.8 Å². The van der Waals surface area contributed by atoms with Crippen molar-refractivity contribution < 1.29 is 13.5 Å². The van der Waals surface area contributed by atoms with Gasteiger partial charge in [0.25, 0.3) is 10.0 Å². The molecule has 0 unspecified atom stereocenters. The van der Waals surface area contributed by atoms with Gasteiger partial charge in [0.2, 0.25) is 0 Å². The zero-order valence-electron chi connectivity index (χ0n) is 18.1. The van der Waals surface area contributed by atoms with Gasteiger partial charge in [-0.2, -0.15) is 13.5 Å². The molecule has 2 aromatic rings. The molecule has 2 fully saturated rings. The highest BCUT2D eigenvalue weighted by molar-refractivity contribution is 7.89. The SMILES string of the molecule is Cc1ccc(S(=O)(=O)NN=C2CC[C@H]3[C@@H]4CCc5cc(O)ccc5[C@H]4CC[C@]23C)cc1. The van der Waals surface area contributed by atoms with E-state index >= 15 is 0 Å². The molecule has 0 aliphatic heterocycles. The van der Waals surface area contributed by atoms with Crippen LogP contribution < -0.4 is 4.83 Å². The van der Waals surface area contributed by atoms with Crippen LogP contribution in [0.4, 0.5) is 0 Å². The van der Waals surface area contributed by atoms with Gasteiger partial charge in [-0.1, -0.05) is 30.7 Å². The Morgan fingerprint density at radius 1 is 1.06 bits per heavy atom. The van der Waals surface area contributed by atoms with Crippen LogP contribution in [0, 0.1) is 24.2 Å². The van der Waals surface area contributed by atoms with Crippen LogP contribution in [0.5, 0.6) is 5.75 Å². The van der Waals surface area contributed by atoms with E-state index in [2.05, 4.69) is 22.9 Å². The van der Waals surface area contributed by atoms with Crippen molar-refractivity contribution in [1.82, 2.24) is 4.83 Å². The quantitative estimate of drug-likeness (QED) is 0.670. The van der Waals surface area contributed by atoms with E-state index in [0.29, 0.717) is 23.5 Å². The predicted octanol–water partition coefficient (Wildman–Crippen LogP) is 4.89. The first-order valence-corrected chi connectivity index (χ1v) is 12.7. The smallest absolute Gasteiger partial charge is 0.276 e. The van der Waals surface area contributed by atoms with Crippen molar-refractivity contribution in [2.24, 2.45) is 22.4 Å². The third-order valence-corrected chi connectivity index (χ3v) is 9.31. The first kappa shape index (κ1) is 20.6. The number of benzene rings is 2. The monoisotopic (exact) mass is 438 g/mol. The second-order valence-corrected chi connectivity index (χ2v) is 11.4. The molecule has 4 atom stereocenters. The molecule has 2 aromatic carbocycles. The fourth-order valence-corrected chi connectivity index (χ4v) is 7.26. The molecule has 0 radical (unpaired) electrons. The third kappa shape index (κ3) is 3.45. The summed E-state index contributed by atoms with van der Waals surface area (Å²) in [5, 5.41) is 14.3. The second kappa shape index (κ2) is 7.37. The first-order valence-electron chi connectivity index (χ1n) is 11.3. The summed E-state index contributed by atoms with van der Waals surface area (Å²) < 4.78 is 25.4. The fourth-order valence-electron chi connectivity index (χ4n) is 6.43. The highest BCUT2D eigenvalue weighted by Crippen LogP contribution is 2.59. The van der Waals surface area contributed by atoms with E-state index in [-0.39, 0.29) is 10.3 Å². The molecule has 0 aromatic heterocycles. The average Bonchev–Trinajstić information content (AvgIpc) is 3.08. The van der Waals surface area contributed by atoms with Gasteiger partial charge in [-0.25, -0.2) is 4.83 Å². The number of rotatable bonds is 3. The van der Waals surface area contributed by atoms with E-state index in [0.717, 1.165) is 49.8 Å². The van der Waals surface area contributed by atoms with E-state index in [1.54, 1.807) is 24.3 Å². The minimum atomic E-state index is -3.66. The van der Waals surface area contributed by atoms with Gasteiger partial charge in [0.1, 0.15) is 5.75 Å². The maximum Gasteiger partial charge on any atom is 0.276 e. The Morgan fingerprint density at radius 3 is 2.61 bits per heavy atom. The van der Waals surface area contributed by atoms with Gasteiger partial charge < -0.3 is 5.11 Å².